The summed E-state index contributed by atoms with van der Waals surface area (Å²) in [4.78, 5) is 13.4. The van der Waals surface area contributed by atoms with E-state index in [0.29, 0.717) is 6.42 Å². The second-order valence-electron chi connectivity index (χ2n) is 5.77. The van der Waals surface area contributed by atoms with E-state index in [4.69, 9.17) is 0 Å². The Morgan fingerprint density at radius 3 is 2.62 bits per heavy atom. The highest BCUT2D eigenvalue weighted by Gasteiger charge is 2.46. The summed E-state index contributed by atoms with van der Waals surface area (Å²) in [6.07, 6.45) is 0.761. The molecule has 21 heavy (non-hydrogen) atoms. The highest BCUT2D eigenvalue weighted by molar-refractivity contribution is 7.89. The Morgan fingerprint density at radius 2 is 2.00 bits per heavy atom. The molecular formula is C14H18N2O4S. The number of hydrogen-bond donors (Lipinski definition) is 1. The Kier molecular flexibility index (Phi) is 3.12. The lowest BCUT2D eigenvalue weighted by Crippen LogP contribution is -2.62. The number of fused-ring (bicyclic) bond motifs is 1. The van der Waals surface area contributed by atoms with Crippen molar-refractivity contribution < 1.29 is 18.3 Å². The molecule has 0 spiro atoms. The van der Waals surface area contributed by atoms with Gasteiger partial charge in [-0.2, -0.15) is 4.31 Å². The molecule has 1 fully saturated rings. The molecule has 0 aromatic heterocycles. The highest BCUT2D eigenvalue weighted by Crippen LogP contribution is 2.34. The second-order valence-corrected chi connectivity index (χ2v) is 7.71. The molecule has 1 aromatic rings. The van der Waals surface area contributed by atoms with Crippen LogP contribution in [-0.2, 0) is 21.2 Å². The molecule has 7 heteroatoms. The first-order chi connectivity index (χ1) is 9.77. The van der Waals surface area contributed by atoms with Crippen LogP contribution in [0.4, 0.5) is 5.69 Å². The molecule has 0 radical (unpaired) electrons. The van der Waals surface area contributed by atoms with Gasteiger partial charge in [0.1, 0.15) is 0 Å². The molecule has 3 rings (SSSR count). The summed E-state index contributed by atoms with van der Waals surface area (Å²) >= 11 is 0. The third kappa shape index (κ3) is 2.16. The van der Waals surface area contributed by atoms with Crippen LogP contribution in [0, 0.1) is 0 Å². The molecule has 1 aromatic carbocycles. The van der Waals surface area contributed by atoms with E-state index in [2.05, 4.69) is 0 Å². The number of rotatable bonds is 3. The number of carbonyl (C=O) groups is 1. The lowest BCUT2D eigenvalue weighted by Gasteiger charge is -2.44. The molecule has 2 aliphatic rings. The van der Waals surface area contributed by atoms with Gasteiger partial charge < -0.3 is 10.0 Å². The SMILES string of the molecule is CCC1(O)CN(S(=O)(=O)c2ccc3c(c2)CC(=O)N3C)C1. The lowest BCUT2D eigenvalue weighted by atomic mass is 9.94. The number of β-amino-alcohol motifs (C(OH)–C–C–N with tert-alkyl or cyclic N) is 1. The van der Waals surface area contributed by atoms with Crippen LogP contribution in [0.25, 0.3) is 0 Å². The summed E-state index contributed by atoms with van der Waals surface area (Å²) in [6, 6.07) is 4.75. The minimum Gasteiger partial charge on any atom is -0.387 e. The average molecular weight is 310 g/mol. The molecule has 2 aliphatic heterocycles. The van der Waals surface area contributed by atoms with Crippen molar-refractivity contribution >= 4 is 21.6 Å². The van der Waals surface area contributed by atoms with Crippen LogP contribution in [-0.4, -0.2) is 49.5 Å². The van der Waals surface area contributed by atoms with Gasteiger partial charge in [0.05, 0.1) is 16.9 Å². The maximum absolute atomic E-state index is 12.5. The number of anilines is 1. The Labute approximate surface area is 124 Å². The van der Waals surface area contributed by atoms with Crippen LogP contribution in [0.3, 0.4) is 0 Å². The number of amides is 1. The summed E-state index contributed by atoms with van der Waals surface area (Å²) in [5, 5.41) is 9.97. The topological polar surface area (TPSA) is 77.9 Å². The van der Waals surface area contributed by atoms with Crippen molar-refractivity contribution in [2.75, 3.05) is 25.0 Å². The molecular weight excluding hydrogens is 292 g/mol. The molecule has 0 atom stereocenters. The van der Waals surface area contributed by atoms with Crippen LogP contribution >= 0.6 is 0 Å². The molecule has 1 saturated heterocycles. The van der Waals surface area contributed by atoms with Crippen LogP contribution < -0.4 is 4.90 Å². The predicted molar refractivity (Wildman–Crippen MR) is 77.6 cm³/mol. The molecule has 6 nitrogen and oxygen atoms in total. The summed E-state index contributed by atoms with van der Waals surface area (Å²) < 4.78 is 26.3. The van der Waals surface area contributed by atoms with Crippen molar-refractivity contribution in [2.45, 2.75) is 30.3 Å². The Hall–Kier alpha value is -1.44. The fourth-order valence-electron chi connectivity index (χ4n) is 2.76. The number of likely N-dealkylation sites (N-methyl/N-ethyl adjacent to an activating group) is 1. The first kappa shape index (κ1) is 14.5. The number of sulfonamides is 1. The Morgan fingerprint density at radius 1 is 1.33 bits per heavy atom. The molecule has 0 bridgehead atoms. The number of benzene rings is 1. The minimum atomic E-state index is -3.60. The largest absolute Gasteiger partial charge is 0.387 e. The second kappa shape index (κ2) is 4.53. The van der Waals surface area contributed by atoms with Gasteiger partial charge in [-0.15, -0.1) is 0 Å². The number of nitrogens with zero attached hydrogens (tertiary/aromatic N) is 2. The Bertz CT molecular complexity index is 708. The van der Waals surface area contributed by atoms with Crippen molar-refractivity contribution in [3.63, 3.8) is 0 Å². The monoisotopic (exact) mass is 310 g/mol. The molecule has 2 heterocycles. The average Bonchev–Trinajstić information content (AvgIpc) is 2.70. The van der Waals surface area contributed by atoms with Gasteiger partial charge in [-0.3, -0.25) is 4.79 Å². The number of carbonyl (C=O) groups excluding carboxylic acids is 1. The Balaban J connectivity index is 1.89. The van der Waals surface area contributed by atoms with E-state index in [9.17, 15) is 18.3 Å². The van der Waals surface area contributed by atoms with Crippen LogP contribution in [0.2, 0.25) is 0 Å². The standard InChI is InChI=1S/C14H18N2O4S/c1-3-14(18)8-16(9-14)21(19,20)11-4-5-12-10(6-11)7-13(17)15(12)2/h4-6,18H,3,7-9H2,1-2H3. The molecule has 0 unspecified atom stereocenters. The predicted octanol–water partition coefficient (Wildman–Crippen LogP) is 0.351. The first-order valence-electron chi connectivity index (χ1n) is 6.89. The van der Waals surface area contributed by atoms with Gasteiger partial charge in [-0.1, -0.05) is 6.92 Å². The number of hydrogen-bond acceptors (Lipinski definition) is 4. The maximum Gasteiger partial charge on any atom is 0.243 e. The highest BCUT2D eigenvalue weighted by atomic mass is 32.2. The molecule has 114 valence electrons. The maximum atomic E-state index is 12.5. The first-order valence-corrected chi connectivity index (χ1v) is 8.33. The molecule has 0 aliphatic carbocycles. The van der Waals surface area contributed by atoms with Gasteiger partial charge in [0.15, 0.2) is 0 Å². The molecule has 1 N–H and O–H groups in total. The smallest absolute Gasteiger partial charge is 0.243 e. The van der Waals surface area contributed by atoms with E-state index in [1.165, 1.54) is 15.3 Å². The van der Waals surface area contributed by atoms with Gasteiger partial charge >= 0.3 is 0 Å². The normalized spacial score (nSPS) is 21.3. The van der Waals surface area contributed by atoms with E-state index >= 15 is 0 Å². The van der Waals surface area contributed by atoms with Crippen LogP contribution in [0.5, 0.6) is 0 Å². The van der Waals surface area contributed by atoms with E-state index in [1.54, 1.807) is 19.2 Å². The third-order valence-electron chi connectivity index (χ3n) is 4.37. The van der Waals surface area contributed by atoms with Gasteiger partial charge in [-0.25, -0.2) is 8.42 Å². The van der Waals surface area contributed by atoms with Gasteiger partial charge in [-0.05, 0) is 30.2 Å². The zero-order valence-electron chi connectivity index (χ0n) is 12.0. The summed E-state index contributed by atoms with van der Waals surface area (Å²) in [7, 11) is -1.92. The van der Waals surface area contributed by atoms with E-state index in [-0.39, 0.29) is 30.3 Å². The van der Waals surface area contributed by atoms with Crippen molar-refractivity contribution in [2.24, 2.45) is 0 Å². The van der Waals surface area contributed by atoms with Crippen LogP contribution in [0.1, 0.15) is 18.9 Å². The van der Waals surface area contributed by atoms with Crippen molar-refractivity contribution in [1.29, 1.82) is 0 Å². The summed E-state index contributed by atoms with van der Waals surface area (Å²) in [6.45, 7) is 2.09. The minimum absolute atomic E-state index is 0.0381. The molecule has 1 amide bonds. The quantitative estimate of drug-likeness (QED) is 0.874. The number of aliphatic hydroxyl groups is 1. The van der Waals surface area contributed by atoms with Gasteiger partial charge in [0.25, 0.3) is 0 Å². The van der Waals surface area contributed by atoms with Gasteiger partial charge in [0, 0.05) is 25.8 Å². The van der Waals surface area contributed by atoms with E-state index in [0.717, 1.165) is 11.3 Å². The summed E-state index contributed by atoms with van der Waals surface area (Å²) in [5.74, 6) is -0.0381. The van der Waals surface area contributed by atoms with Crippen molar-refractivity contribution in [1.82, 2.24) is 4.31 Å². The summed E-state index contributed by atoms with van der Waals surface area (Å²) in [5.41, 5.74) is 0.586. The zero-order chi connectivity index (χ0) is 15.4. The van der Waals surface area contributed by atoms with Crippen molar-refractivity contribution in [3.05, 3.63) is 23.8 Å². The lowest BCUT2D eigenvalue weighted by molar-refractivity contribution is -0.117. The van der Waals surface area contributed by atoms with Crippen molar-refractivity contribution in [3.8, 4) is 0 Å². The van der Waals surface area contributed by atoms with E-state index < -0.39 is 15.6 Å². The van der Waals surface area contributed by atoms with Gasteiger partial charge in [0.2, 0.25) is 15.9 Å². The third-order valence-corrected chi connectivity index (χ3v) is 6.15. The fraction of sp³-hybridized carbons (Fsp3) is 0.500. The van der Waals surface area contributed by atoms with E-state index in [1.807, 2.05) is 6.92 Å². The fourth-order valence-corrected chi connectivity index (χ4v) is 4.41. The van der Waals surface area contributed by atoms with Crippen LogP contribution in [0.15, 0.2) is 23.1 Å². The molecule has 0 saturated carbocycles. The zero-order valence-corrected chi connectivity index (χ0v) is 12.9.